The van der Waals surface area contributed by atoms with E-state index in [1.54, 1.807) is 12.1 Å². The van der Waals surface area contributed by atoms with Crippen molar-refractivity contribution in [2.45, 2.75) is 65.2 Å². The van der Waals surface area contributed by atoms with E-state index in [1.807, 2.05) is 48.6 Å². The first kappa shape index (κ1) is 48.9. The summed E-state index contributed by atoms with van der Waals surface area (Å²) in [6.07, 6.45) is 10.9. The van der Waals surface area contributed by atoms with Crippen LogP contribution in [0.2, 0.25) is 10.0 Å². The van der Waals surface area contributed by atoms with Crippen molar-refractivity contribution in [1.29, 1.82) is 0 Å². The SMILES string of the molecule is CC(C)(C)c1cc2c([c-]c1-c1ccccc1)Cc1cc(-c3ccccc3)c(C(C)(C)C)cc1-2.Cl.Cl.Clc1c[c-]ccc1.Clc1c[c-]ccc1.[C-]1=CC=CC1.[CH2]=[Zr]. The molecule has 6 aromatic rings. The van der Waals surface area contributed by atoms with E-state index in [0.29, 0.717) is 0 Å². The van der Waals surface area contributed by atoms with Crippen molar-refractivity contribution < 1.29 is 24.2 Å². The van der Waals surface area contributed by atoms with Crippen LogP contribution < -0.4 is 0 Å². The van der Waals surface area contributed by atoms with Crippen LogP contribution in [-0.4, -0.2) is 4.21 Å². The topological polar surface area (TPSA) is 0 Å². The summed E-state index contributed by atoms with van der Waals surface area (Å²) in [6, 6.07) is 52.9. The molecule has 0 nitrogen and oxygen atoms in total. The Bertz CT molecular complexity index is 1960. The fourth-order valence-corrected chi connectivity index (χ4v) is 6.46. The van der Waals surface area contributed by atoms with Crippen LogP contribution in [0.1, 0.15) is 70.2 Å². The van der Waals surface area contributed by atoms with Crippen molar-refractivity contribution >= 4 is 52.2 Å². The first-order chi connectivity index (χ1) is 25.9. The number of fused-ring (bicyclic) bond motifs is 3. The van der Waals surface area contributed by atoms with Gasteiger partial charge in [-0.1, -0.05) is 141 Å². The molecule has 5 heteroatoms. The molecule has 0 amide bonds. The van der Waals surface area contributed by atoms with Gasteiger partial charge < -0.3 is 0 Å². The van der Waals surface area contributed by atoms with E-state index < -0.39 is 0 Å². The first-order valence-corrected chi connectivity index (χ1v) is 20.6. The maximum atomic E-state index is 5.51. The van der Waals surface area contributed by atoms with Gasteiger partial charge in [0.2, 0.25) is 0 Å². The molecule has 0 atom stereocenters. The Morgan fingerprint density at radius 1 is 0.607 bits per heavy atom. The zero-order chi connectivity index (χ0) is 39.1. The standard InChI is InChI=1S/C33H33.2C6H4Cl.C5H5.CH2.2ClH.Zr/c1-32(2,3)30-20-26-24(18-28(30)22-13-9-7-10-14-22)17-25-19-29(23-15-11-8-12-16-23)31(21-27(25)26)33(4,5)6;2*7-6-4-2-1-3-5-6;1-2-4-5-3-1;;;;/h7-16,18,20-21H,17H2,1-6H3;2*1-2,4-5H;1-3H,4H2;1H2;2*1H;/q4*-1;;;;. The van der Waals surface area contributed by atoms with Crippen molar-refractivity contribution in [3.05, 3.63) is 202 Å². The molecule has 0 spiro atoms. The van der Waals surface area contributed by atoms with E-state index in [4.69, 9.17) is 23.2 Å². The quantitative estimate of drug-likeness (QED) is 0.152. The molecule has 0 fully saturated rings. The molecule has 0 heterocycles. The van der Waals surface area contributed by atoms with E-state index in [1.165, 1.54) is 79.9 Å². The van der Waals surface area contributed by atoms with Crippen molar-refractivity contribution in [3.63, 3.8) is 0 Å². The van der Waals surface area contributed by atoms with Crippen LogP contribution in [0, 0.1) is 24.3 Å². The fourth-order valence-electron chi connectivity index (χ4n) is 6.18. The number of benzene rings is 6. The Hall–Kier alpha value is -3.29. The molecular weight excluding hydrogens is 846 g/mol. The zero-order valence-electron chi connectivity index (χ0n) is 33.1. The third kappa shape index (κ3) is 14.3. The second-order valence-electron chi connectivity index (χ2n) is 14.9. The Balaban J connectivity index is 0.000000382. The van der Waals surface area contributed by atoms with Crippen LogP contribution in [-0.2, 0) is 41.5 Å². The van der Waals surface area contributed by atoms with Crippen molar-refractivity contribution in [3.8, 4) is 33.4 Å². The van der Waals surface area contributed by atoms with Crippen LogP contribution in [0.3, 0.4) is 0 Å². The monoisotopic (exact) mass is 892 g/mol. The molecule has 0 saturated heterocycles. The Labute approximate surface area is 374 Å². The number of hydrogen-bond donors (Lipinski definition) is 0. The predicted octanol–water partition coefficient (Wildman–Crippen LogP) is 15.4. The molecule has 56 heavy (non-hydrogen) atoms. The molecule has 2 aliphatic carbocycles. The van der Waals surface area contributed by atoms with Crippen molar-refractivity contribution in [1.82, 2.24) is 0 Å². The predicted molar refractivity (Wildman–Crippen MR) is 246 cm³/mol. The summed E-state index contributed by atoms with van der Waals surface area (Å²) in [5.74, 6) is 0. The van der Waals surface area contributed by atoms with Gasteiger partial charge in [-0.3, -0.25) is 6.08 Å². The minimum atomic E-state index is 0. The van der Waals surface area contributed by atoms with Crippen LogP contribution in [0.4, 0.5) is 0 Å². The summed E-state index contributed by atoms with van der Waals surface area (Å²) < 4.78 is 3.34. The Morgan fingerprint density at radius 3 is 1.52 bits per heavy atom. The van der Waals surface area contributed by atoms with Crippen LogP contribution in [0.15, 0.2) is 146 Å². The van der Waals surface area contributed by atoms with Crippen LogP contribution in [0.25, 0.3) is 33.4 Å². The molecule has 0 N–H and O–H groups in total. The fraction of sp³-hybridized carbons (Fsp3) is 0.196. The Morgan fingerprint density at radius 2 is 1.12 bits per heavy atom. The van der Waals surface area contributed by atoms with Gasteiger partial charge in [0.25, 0.3) is 0 Å². The number of rotatable bonds is 2. The normalized spacial score (nSPS) is 11.5. The molecule has 0 bridgehead atoms. The molecule has 8 rings (SSSR count). The van der Waals surface area contributed by atoms with Gasteiger partial charge in [-0.15, -0.1) is 60.1 Å². The summed E-state index contributed by atoms with van der Waals surface area (Å²) in [4.78, 5) is 0. The van der Waals surface area contributed by atoms with Crippen molar-refractivity contribution in [2.75, 3.05) is 0 Å². The summed E-state index contributed by atoms with van der Waals surface area (Å²) >= 11 is 12.3. The molecule has 0 aromatic heterocycles. The average molecular weight is 896 g/mol. The second kappa shape index (κ2) is 23.8. The molecule has 0 saturated carbocycles. The van der Waals surface area contributed by atoms with Gasteiger partial charge in [-0.25, -0.2) is 12.2 Å². The first-order valence-electron chi connectivity index (χ1n) is 18.1. The number of allylic oxidation sites excluding steroid dienone is 4. The zero-order valence-corrected chi connectivity index (χ0v) is 38.7. The molecular formula is C51H50Cl4Zr-4. The van der Waals surface area contributed by atoms with Crippen molar-refractivity contribution in [2.24, 2.45) is 0 Å². The van der Waals surface area contributed by atoms with Crippen LogP contribution in [0.5, 0.6) is 0 Å². The molecule has 290 valence electrons. The number of halogens is 4. The summed E-state index contributed by atoms with van der Waals surface area (Å²) in [5, 5.41) is 1.48. The summed E-state index contributed by atoms with van der Waals surface area (Å²) in [6.45, 7) is 13.9. The third-order valence-corrected chi connectivity index (χ3v) is 9.22. The van der Waals surface area contributed by atoms with Gasteiger partial charge >= 0.3 is 28.4 Å². The second-order valence-corrected chi connectivity index (χ2v) is 15.7. The van der Waals surface area contributed by atoms with E-state index >= 15 is 0 Å². The summed E-state index contributed by atoms with van der Waals surface area (Å²) in [7, 11) is 0. The Kier molecular flexibility index (Phi) is 20.8. The van der Waals surface area contributed by atoms with E-state index in [-0.39, 0.29) is 35.6 Å². The molecule has 0 radical (unpaired) electrons. The summed E-state index contributed by atoms with van der Waals surface area (Å²) in [5.41, 5.74) is 13.5. The van der Waals surface area contributed by atoms with Gasteiger partial charge in [-0.05, 0) is 39.5 Å². The molecule has 6 aromatic carbocycles. The van der Waals surface area contributed by atoms with Gasteiger partial charge in [0.1, 0.15) is 0 Å². The molecule has 2 aliphatic rings. The van der Waals surface area contributed by atoms with Gasteiger partial charge in [0.05, 0.1) is 0 Å². The third-order valence-electron chi connectivity index (χ3n) is 8.75. The van der Waals surface area contributed by atoms with Gasteiger partial charge in [-0.2, -0.15) is 89.9 Å². The van der Waals surface area contributed by atoms with E-state index in [9.17, 15) is 0 Å². The van der Waals surface area contributed by atoms with Gasteiger partial charge in [0, 0.05) is 0 Å². The van der Waals surface area contributed by atoms with E-state index in [2.05, 4.69) is 155 Å². The van der Waals surface area contributed by atoms with E-state index in [0.717, 1.165) is 22.9 Å². The number of hydrogen-bond acceptors (Lipinski definition) is 0. The average Bonchev–Trinajstić information content (AvgIpc) is 3.88. The van der Waals surface area contributed by atoms with Gasteiger partial charge in [0.15, 0.2) is 0 Å². The minimum absolute atomic E-state index is 0. The molecule has 0 aliphatic heterocycles. The van der Waals surface area contributed by atoms with Crippen LogP contribution >= 0.6 is 48.0 Å². The molecule has 0 unspecified atom stereocenters. The maximum absolute atomic E-state index is 5.51.